The average Bonchev–Trinajstić information content (AvgIpc) is 2.29. The molecule has 2 rings (SSSR count). The molecule has 0 aromatic rings. The summed E-state index contributed by atoms with van der Waals surface area (Å²) in [6.45, 7) is 3.88. The van der Waals surface area contributed by atoms with E-state index < -0.39 is 0 Å². The zero-order chi connectivity index (χ0) is 8.77. The van der Waals surface area contributed by atoms with Gasteiger partial charge in [0.15, 0.2) is 5.78 Å². The average molecular weight is 165 g/mol. The molecule has 0 aliphatic heterocycles. The van der Waals surface area contributed by atoms with Gasteiger partial charge in [-0.05, 0) is 37.8 Å². The maximum absolute atomic E-state index is 11.8. The minimum atomic E-state index is -0.222. The van der Waals surface area contributed by atoms with E-state index in [1.807, 2.05) is 7.05 Å². The third-order valence-corrected chi connectivity index (χ3v) is 3.45. The van der Waals surface area contributed by atoms with Gasteiger partial charge in [0.25, 0.3) is 0 Å². The summed E-state index contributed by atoms with van der Waals surface area (Å²) in [4.78, 5) is 11.8. The summed E-state index contributed by atoms with van der Waals surface area (Å²) in [5.41, 5.74) is 0.641. The standard InChI is InChI=1S/C10H15NO/c1-7-8-4-3-5-10(6-8,11-2)9(7)12/h8,11H,1,3-6H2,2H3. The van der Waals surface area contributed by atoms with Gasteiger partial charge < -0.3 is 5.32 Å². The van der Waals surface area contributed by atoms with Gasteiger partial charge >= 0.3 is 0 Å². The number of carbonyl (C=O) groups excluding carboxylic acids is 1. The molecule has 2 atom stereocenters. The third kappa shape index (κ3) is 0.816. The molecule has 1 N–H and O–H groups in total. The molecule has 2 fully saturated rings. The van der Waals surface area contributed by atoms with Crippen LogP contribution in [0.25, 0.3) is 0 Å². The van der Waals surface area contributed by atoms with Gasteiger partial charge in [-0.1, -0.05) is 13.0 Å². The van der Waals surface area contributed by atoms with Crippen LogP contribution in [-0.2, 0) is 4.79 Å². The van der Waals surface area contributed by atoms with Gasteiger partial charge in [0, 0.05) is 0 Å². The Bertz CT molecular complexity index is 246. The quantitative estimate of drug-likeness (QED) is 0.593. The Morgan fingerprint density at radius 3 is 3.00 bits per heavy atom. The highest BCUT2D eigenvalue weighted by atomic mass is 16.1. The van der Waals surface area contributed by atoms with Crippen molar-refractivity contribution in [2.45, 2.75) is 31.2 Å². The van der Waals surface area contributed by atoms with Crippen molar-refractivity contribution in [1.82, 2.24) is 5.32 Å². The first-order chi connectivity index (χ1) is 5.69. The van der Waals surface area contributed by atoms with Crippen LogP contribution in [0.15, 0.2) is 12.2 Å². The molecule has 0 spiro atoms. The molecule has 2 nitrogen and oxygen atoms in total. The summed E-state index contributed by atoms with van der Waals surface area (Å²) in [5.74, 6) is 0.742. The van der Waals surface area contributed by atoms with Gasteiger partial charge in [-0.3, -0.25) is 4.79 Å². The summed E-state index contributed by atoms with van der Waals surface area (Å²) >= 11 is 0. The highest BCUT2D eigenvalue weighted by Crippen LogP contribution is 2.44. The first-order valence-electron chi connectivity index (χ1n) is 4.62. The normalized spacial score (nSPS) is 40.6. The molecule has 66 valence electrons. The van der Waals surface area contributed by atoms with Crippen molar-refractivity contribution in [2.24, 2.45) is 5.92 Å². The van der Waals surface area contributed by atoms with Crippen molar-refractivity contribution in [3.8, 4) is 0 Å². The number of carbonyl (C=O) groups is 1. The topological polar surface area (TPSA) is 29.1 Å². The Hall–Kier alpha value is -0.630. The fraction of sp³-hybridized carbons (Fsp3) is 0.700. The number of likely N-dealkylation sites (N-methyl/N-ethyl adjacent to an activating group) is 1. The number of rotatable bonds is 1. The van der Waals surface area contributed by atoms with Crippen LogP contribution in [0.5, 0.6) is 0 Å². The summed E-state index contributed by atoms with van der Waals surface area (Å²) in [6, 6.07) is 0. The van der Waals surface area contributed by atoms with E-state index in [1.165, 1.54) is 0 Å². The van der Waals surface area contributed by atoms with Crippen LogP contribution in [-0.4, -0.2) is 18.4 Å². The SMILES string of the molecule is C=C1C(=O)C2(NC)CCCC1C2. The van der Waals surface area contributed by atoms with Crippen LogP contribution in [0.2, 0.25) is 0 Å². The fourth-order valence-corrected chi connectivity index (χ4v) is 2.61. The lowest BCUT2D eigenvalue weighted by molar-refractivity contribution is -0.120. The van der Waals surface area contributed by atoms with Crippen LogP contribution >= 0.6 is 0 Å². The maximum atomic E-state index is 11.8. The van der Waals surface area contributed by atoms with E-state index in [-0.39, 0.29) is 11.3 Å². The van der Waals surface area contributed by atoms with Crippen molar-refractivity contribution in [3.63, 3.8) is 0 Å². The van der Waals surface area contributed by atoms with Crippen molar-refractivity contribution in [2.75, 3.05) is 7.05 Å². The molecule has 2 heteroatoms. The second-order valence-electron chi connectivity index (χ2n) is 3.98. The Labute approximate surface area is 73.0 Å². The molecule has 0 aromatic heterocycles. The molecule has 2 saturated carbocycles. The molecule has 0 amide bonds. The monoisotopic (exact) mass is 165 g/mol. The Morgan fingerprint density at radius 1 is 1.67 bits per heavy atom. The second kappa shape index (κ2) is 2.43. The predicted octanol–water partition coefficient (Wildman–Crippen LogP) is 1.27. The highest BCUT2D eigenvalue weighted by Gasteiger charge is 2.50. The lowest BCUT2D eigenvalue weighted by atomic mass is 9.83. The van der Waals surface area contributed by atoms with Crippen LogP contribution in [0.3, 0.4) is 0 Å². The number of hydrogen-bond donors (Lipinski definition) is 1. The molecule has 2 unspecified atom stereocenters. The Kier molecular flexibility index (Phi) is 1.62. The van der Waals surface area contributed by atoms with E-state index in [2.05, 4.69) is 11.9 Å². The minimum absolute atomic E-state index is 0.222. The molecule has 0 radical (unpaired) electrons. The first-order valence-corrected chi connectivity index (χ1v) is 4.62. The molecular formula is C10H15NO. The lowest BCUT2D eigenvalue weighted by Crippen LogP contribution is -2.47. The summed E-state index contributed by atoms with van der Waals surface area (Å²) in [6.07, 6.45) is 4.31. The van der Waals surface area contributed by atoms with E-state index in [4.69, 9.17) is 0 Å². The largest absolute Gasteiger partial charge is 0.308 e. The maximum Gasteiger partial charge on any atom is 0.178 e. The molecule has 0 heterocycles. The second-order valence-corrected chi connectivity index (χ2v) is 3.98. The lowest BCUT2D eigenvalue weighted by Gasteiger charge is -2.30. The Balaban J connectivity index is 2.36. The molecule has 12 heavy (non-hydrogen) atoms. The van der Waals surface area contributed by atoms with Gasteiger partial charge in [0.05, 0.1) is 5.54 Å². The fourth-order valence-electron chi connectivity index (χ4n) is 2.61. The number of ketones is 1. The molecule has 2 aliphatic rings. The first kappa shape index (κ1) is 7.99. The van der Waals surface area contributed by atoms with Crippen LogP contribution < -0.4 is 5.32 Å². The predicted molar refractivity (Wildman–Crippen MR) is 47.9 cm³/mol. The zero-order valence-electron chi connectivity index (χ0n) is 7.52. The van der Waals surface area contributed by atoms with Gasteiger partial charge in [-0.2, -0.15) is 0 Å². The van der Waals surface area contributed by atoms with Gasteiger partial charge in [-0.25, -0.2) is 0 Å². The number of fused-ring (bicyclic) bond motifs is 2. The van der Waals surface area contributed by atoms with Crippen LogP contribution in [0.4, 0.5) is 0 Å². The summed E-state index contributed by atoms with van der Waals surface area (Å²) in [5, 5.41) is 3.18. The van der Waals surface area contributed by atoms with Gasteiger partial charge in [-0.15, -0.1) is 0 Å². The van der Waals surface area contributed by atoms with Crippen molar-refractivity contribution >= 4 is 5.78 Å². The van der Waals surface area contributed by atoms with E-state index >= 15 is 0 Å². The number of nitrogens with one attached hydrogen (secondary N) is 1. The van der Waals surface area contributed by atoms with E-state index in [1.54, 1.807) is 0 Å². The van der Waals surface area contributed by atoms with Gasteiger partial charge in [0.2, 0.25) is 0 Å². The van der Waals surface area contributed by atoms with Crippen LogP contribution in [0.1, 0.15) is 25.7 Å². The van der Waals surface area contributed by atoms with Crippen molar-refractivity contribution in [1.29, 1.82) is 0 Å². The van der Waals surface area contributed by atoms with E-state index in [9.17, 15) is 4.79 Å². The highest BCUT2D eigenvalue weighted by molar-refractivity contribution is 6.05. The molecule has 2 aliphatic carbocycles. The molecule has 2 bridgehead atoms. The zero-order valence-corrected chi connectivity index (χ0v) is 7.52. The van der Waals surface area contributed by atoms with Crippen molar-refractivity contribution in [3.05, 3.63) is 12.2 Å². The minimum Gasteiger partial charge on any atom is -0.308 e. The summed E-state index contributed by atoms with van der Waals surface area (Å²) < 4.78 is 0. The number of Topliss-reactive ketones (excluding diaryl/α,β-unsaturated/α-hetero) is 1. The molecule has 0 saturated heterocycles. The Morgan fingerprint density at radius 2 is 2.42 bits per heavy atom. The molecular weight excluding hydrogens is 150 g/mol. The van der Waals surface area contributed by atoms with Crippen molar-refractivity contribution < 1.29 is 4.79 Å². The smallest absolute Gasteiger partial charge is 0.178 e. The van der Waals surface area contributed by atoms with Gasteiger partial charge in [0.1, 0.15) is 0 Å². The van der Waals surface area contributed by atoms with E-state index in [0.29, 0.717) is 5.92 Å². The summed E-state index contributed by atoms with van der Waals surface area (Å²) in [7, 11) is 1.89. The number of hydrogen-bond acceptors (Lipinski definition) is 2. The van der Waals surface area contributed by atoms with Crippen LogP contribution in [0, 0.1) is 5.92 Å². The molecule has 0 aromatic carbocycles. The van der Waals surface area contributed by atoms with E-state index in [0.717, 1.165) is 31.3 Å². The third-order valence-electron chi connectivity index (χ3n) is 3.45.